The van der Waals surface area contributed by atoms with Crippen molar-refractivity contribution >= 4 is 27.6 Å². The molecule has 27 heavy (non-hydrogen) atoms. The number of hydrogen-bond acceptors (Lipinski definition) is 4. The predicted octanol–water partition coefficient (Wildman–Crippen LogP) is 4.43. The zero-order valence-corrected chi connectivity index (χ0v) is 16.7. The summed E-state index contributed by atoms with van der Waals surface area (Å²) in [7, 11) is -3.65. The van der Waals surface area contributed by atoms with Crippen molar-refractivity contribution in [2.75, 3.05) is 13.1 Å². The first kappa shape index (κ1) is 19.9. The average Bonchev–Trinajstić information content (AvgIpc) is 2.69. The highest BCUT2D eigenvalue weighted by molar-refractivity contribution is 7.89. The molecule has 0 N–H and O–H groups in total. The number of ether oxygens (including phenoxy) is 1. The molecule has 1 saturated heterocycles. The van der Waals surface area contributed by atoms with Gasteiger partial charge in [-0.15, -0.1) is 0 Å². The minimum Gasteiger partial charge on any atom is -0.454 e. The number of esters is 1. The highest BCUT2D eigenvalue weighted by Crippen LogP contribution is 2.27. The number of carbonyl (C=O) groups excluding carboxylic acids is 1. The van der Waals surface area contributed by atoms with E-state index in [9.17, 15) is 13.2 Å². The minimum atomic E-state index is -3.65. The van der Waals surface area contributed by atoms with Gasteiger partial charge in [-0.3, -0.25) is 0 Å². The SMILES string of the molecule is C[C@H](OC(=O)c1cc(S(=O)(=O)N2CCCCC2)ccc1Cl)c1ccccc1. The molecule has 0 amide bonds. The lowest BCUT2D eigenvalue weighted by Crippen LogP contribution is -2.35. The van der Waals surface area contributed by atoms with E-state index in [4.69, 9.17) is 16.3 Å². The average molecular weight is 408 g/mol. The number of halogens is 1. The van der Waals surface area contributed by atoms with Crippen molar-refractivity contribution in [2.45, 2.75) is 37.2 Å². The second-order valence-corrected chi connectivity index (χ2v) is 8.91. The molecule has 0 saturated carbocycles. The number of nitrogens with zero attached hydrogens (tertiary/aromatic N) is 1. The molecule has 1 atom stereocenters. The molecule has 144 valence electrons. The molecule has 2 aromatic rings. The molecule has 7 heteroatoms. The summed E-state index contributed by atoms with van der Waals surface area (Å²) in [4.78, 5) is 12.7. The fourth-order valence-electron chi connectivity index (χ4n) is 3.09. The van der Waals surface area contributed by atoms with Gasteiger partial charge in [0.05, 0.1) is 15.5 Å². The highest BCUT2D eigenvalue weighted by Gasteiger charge is 2.28. The summed E-state index contributed by atoms with van der Waals surface area (Å²) >= 11 is 6.15. The zero-order valence-electron chi connectivity index (χ0n) is 15.1. The molecule has 0 radical (unpaired) electrons. The Morgan fingerprint density at radius 3 is 2.41 bits per heavy atom. The van der Waals surface area contributed by atoms with Gasteiger partial charge < -0.3 is 4.74 Å². The number of carbonyl (C=O) groups is 1. The van der Waals surface area contributed by atoms with Crippen molar-refractivity contribution in [2.24, 2.45) is 0 Å². The van der Waals surface area contributed by atoms with Gasteiger partial charge in [0, 0.05) is 13.1 Å². The first-order valence-electron chi connectivity index (χ1n) is 8.95. The lowest BCUT2D eigenvalue weighted by molar-refractivity contribution is 0.0338. The Labute approximate surface area is 165 Å². The molecule has 1 aliphatic heterocycles. The van der Waals surface area contributed by atoms with Gasteiger partial charge in [0.2, 0.25) is 10.0 Å². The van der Waals surface area contributed by atoms with Crippen LogP contribution in [0.4, 0.5) is 0 Å². The molecule has 5 nitrogen and oxygen atoms in total. The van der Waals surface area contributed by atoms with Crippen molar-refractivity contribution in [1.29, 1.82) is 0 Å². The summed E-state index contributed by atoms with van der Waals surface area (Å²) < 4.78 is 32.6. The molecule has 0 spiro atoms. The number of rotatable bonds is 5. The summed E-state index contributed by atoms with van der Waals surface area (Å²) in [6, 6.07) is 13.5. The highest BCUT2D eigenvalue weighted by atomic mass is 35.5. The summed E-state index contributed by atoms with van der Waals surface area (Å²) in [6.07, 6.45) is 2.24. The molecule has 0 bridgehead atoms. The number of benzene rings is 2. The van der Waals surface area contributed by atoms with Gasteiger partial charge >= 0.3 is 5.97 Å². The van der Waals surface area contributed by atoms with Crippen LogP contribution in [0, 0.1) is 0 Å². The van der Waals surface area contributed by atoms with Crippen LogP contribution in [0.5, 0.6) is 0 Å². The maximum absolute atomic E-state index is 12.8. The number of sulfonamides is 1. The topological polar surface area (TPSA) is 63.7 Å². The molecule has 0 aromatic heterocycles. The normalized spacial score (nSPS) is 16.7. The maximum Gasteiger partial charge on any atom is 0.340 e. The van der Waals surface area contributed by atoms with Crippen LogP contribution in [0.1, 0.15) is 48.2 Å². The Kier molecular flexibility index (Phi) is 6.19. The van der Waals surface area contributed by atoms with Crippen molar-refractivity contribution in [3.05, 3.63) is 64.7 Å². The van der Waals surface area contributed by atoms with Gasteiger partial charge in [-0.1, -0.05) is 48.4 Å². The minimum absolute atomic E-state index is 0.0533. The fraction of sp³-hybridized carbons (Fsp3) is 0.350. The van der Waals surface area contributed by atoms with Gasteiger partial charge in [0.1, 0.15) is 6.10 Å². The van der Waals surface area contributed by atoms with E-state index in [-0.39, 0.29) is 15.5 Å². The molecule has 2 aromatic carbocycles. The molecule has 1 aliphatic rings. The van der Waals surface area contributed by atoms with Crippen LogP contribution in [0.3, 0.4) is 0 Å². The second kappa shape index (κ2) is 8.42. The van der Waals surface area contributed by atoms with Gasteiger partial charge in [0.15, 0.2) is 0 Å². The maximum atomic E-state index is 12.8. The van der Waals surface area contributed by atoms with Crippen LogP contribution in [0.15, 0.2) is 53.4 Å². The van der Waals surface area contributed by atoms with E-state index in [1.807, 2.05) is 30.3 Å². The van der Waals surface area contributed by atoms with Crippen molar-refractivity contribution < 1.29 is 17.9 Å². The fourth-order valence-corrected chi connectivity index (χ4v) is 4.83. The summed E-state index contributed by atoms with van der Waals surface area (Å²) in [5, 5.41) is 0.165. The van der Waals surface area contributed by atoms with Crippen molar-refractivity contribution in [1.82, 2.24) is 4.31 Å². The van der Waals surface area contributed by atoms with Crippen molar-refractivity contribution in [3.63, 3.8) is 0 Å². The Bertz CT molecular complexity index is 909. The molecule has 0 aliphatic carbocycles. The lowest BCUT2D eigenvalue weighted by Gasteiger charge is -2.26. The second-order valence-electron chi connectivity index (χ2n) is 6.56. The van der Waals surface area contributed by atoms with Crippen LogP contribution in [-0.2, 0) is 14.8 Å². The molecule has 3 rings (SSSR count). The summed E-state index contributed by atoms with van der Waals surface area (Å²) in [5.41, 5.74) is 0.900. The van der Waals surface area contributed by atoms with E-state index in [1.165, 1.54) is 22.5 Å². The van der Waals surface area contributed by atoms with E-state index in [2.05, 4.69) is 0 Å². The largest absolute Gasteiger partial charge is 0.454 e. The monoisotopic (exact) mass is 407 g/mol. The molecular weight excluding hydrogens is 386 g/mol. The van der Waals surface area contributed by atoms with Gasteiger partial charge in [-0.2, -0.15) is 4.31 Å². The van der Waals surface area contributed by atoms with E-state index in [0.29, 0.717) is 13.1 Å². The molecular formula is C20H22ClNO4S. The van der Waals surface area contributed by atoms with Crippen LogP contribution in [-0.4, -0.2) is 31.8 Å². The molecule has 0 unspecified atom stereocenters. The first-order valence-corrected chi connectivity index (χ1v) is 10.8. The van der Waals surface area contributed by atoms with Crippen LogP contribution in [0.2, 0.25) is 5.02 Å². The zero-order chi connectivity index (χ0) is 19.4. The Morgan fingerprint density at radius 2 is 1.74 bits per heavy atom. The number of piperidine rings is 1. The quantitative estimate of drug-likeness (QED) is 0.687. The van der Waals surface area contributed by atoms with Gasteiger partial charge in [-0.05, 0) is 43.5 Å². The van der Waals surface area contributed by atoms with Crippen LogP contribution in [0.25, 0.3) is 0 Å². The Morgan fingerprint density at radius 1 is 1.07 bits per heavy atom. The molecule has 1 heterocycles. The Hall–Kier alpha value is -1.89. The third kappa shape index (κ3) is 4.51. The van der Waals surface area contributed by atoms with E-state index in [0.717, 1.165) is 24.8 Å². The number of hydrogen-bond donors (Lipinski definition) is 0. The van der Waals surface area contributed by atoms with Gasteiger partial charge in [-0.25, -0.2) is 13.2 Å². The standard InChI is InChI=1S/C20H22ClNO4S/c1-15(16-8-4-2-5-9-16)26-20(23)18-14-17(10-11-19(18)21)27(24,25)22-12-6-3-7-13-22/h2,4-5,8-11,14-15H,3,6-7,12-13H2,1H3/t15-/m0/s1. The van der Waals surface area contributed by atoms with E-state index >= 15 is 0 Å². The van der Waals surface area contributed by atoms with E-state index < -0.39 is 22.1 Å². The Balaban J connectivity index is 1.83. The lowest BCUT2D eigenvalue weighted by atomic mass is 10.1. The van der Waals surface area contributed by atoms with E-state index in [1.54, 1.807) is 6.92 Å². The smallest absolute Gasteiger partial charge is 0.340 e. The van der Waals surface area contributed by atoms with Crippen LogP contribution < -0.4 is 0 Å². The summed E-state index contributed by atoms with van der Waals surface area (Å²) in [5.74, 6) is -0.646. The third-order valence-electron chi connectivity index (χ3n) is 4.66. The van der Waals surface area contributed by atoms with Crippen molar-refractivity contribution in [3.8, 4) is 0 Å². The van der Waals surface area contributed by atoms with Gasteiger partial charge in [0.25, 0.3) is 0 Å². The third-order valence-corrected chi connectivity index (χ3v) is 6.89. The van der Waals surface area contributed by atoms with Crippen LogP contribution >= 0.6 is 11.6 Å². The predicted molar refractivity (Wildman–Crippen MR) is 104 cm³/mol. The summed E-state index contributed by atoms with van der Waals surface area (Å²) in [6.45, 7) is 2.75. The molecule has 1 fully saturated rings. The first-order chi connectivity index (χ1) is 12.9.